The lowest BCUT2D eigenvalue weighted by molar-refractivity contribution is -0.384. The van der Waals surface area contributed by atoms with Crippen molar-refractivity contribution in [3.05, 3.63) is 60.5 Å². The zero-order chi connectivity index (χ0) is 14.0. The molecule has 2 aromatic rings. The minimum absolute atomic E-state index is 0.00610. The molecule has 0 aliphatic heterocycles. The molecule has 0 atom stereocenters. The molecule has 19 heavy (non-hydrogen) atoms. The third kappa shape index (κ3) is 3.46. The fourth-order valence-corrected chi connectivity index (χ4v) is 2.27. The molecule has 0 fully saturated rings. The first-order valence-electron chi connectivity index (χ1n) is 5.13. The SMILES string of the molecule is O=[N+]([O-])c1cc(Br)ccc1Nc1ccc(Br)c(Cl)c1. The zero-order valence-corrected chi connectivity index (χ0v) is 13.3. The molecule has 0 heterocycles. The van der Waals surface area contributed by atoms with Gasteiger partial charge in [-0.3, -0.25) is 10.1 Å². The summed E-state index contributed by atoms with van der Waals surface area (Å²) in [4.78, 5) is 10.6. The van der Waals surface area contributed by atoms with Crippen LogP contribution >= 0.6 is 43.5 Å². The first-order chi connectivity index (χ1) is 8.97. The van der Waals surface area contributed by atoms with E-state index in [0.29, 0.717) is 20.9 Å². The predicted molar refractivity (Wildman–Crippen MR) is 83.2 cm³/mol. The average molecular weight is 406 g/mol. The van der Waals surface area contributed by atoms with Gasteiger partial charge in [-0.05, 0) is 46.3 Å². The lowest BCUT2D eigenvalue weighted by atomic mass is 10.2. The average Bonchev–Trinajstić information content (AvgIpc) is 2.36. The molecule has 98 valence electrons. The fourth-order valence-electron chi connectivity index (χ4n) is 1.49. The van der Waals surface area contributed by atoms with Gasteiger partial charge in [-0.15, -0.1) is 0 Å². The van der Waals surface area contributed by atoms with E-state index in [1.54, 1.807) is 30.3 Å². The van der Waals surface area contributed by atoms with E-state index in [1.807, 2.05) is 0 Å². The lowest BCUT2D eigenvalue weighted by Gasteiger charge is -2.08. The van der Waals surface area contributed by atoms with Crippen molar-refractivity contribution >= 4 is 60.5 Å². The normalized spacial score (nSPS) is 10.3. The number of nitrogens with one attached hydrogen (secondary N) is 1. The van der Waals surface area contributed by atoms with Gasteiger partial charge in [0, 0.05) is 20.7 Å². The second-order valence-corrected chi connectivity index (χ2v) is 5.85. The predicted octanol–water partition coefficient (Wildman–Crippen LogP) is 5.52. The number of benzene rings is 2. The maximum atomic E-state index is 11.0. The van der Waals surface area contributed by atoms with Crippen molar-refractivity contribution in [2.75, 3.05) is 5.32 Å². The van der Waals surface area contributed by atoms with E-state index in [2.05, 4.69) is 37.2 Å². The van der Waals surface area contributed by atoms with Crippen molar-refractivity contribution in [3.8, 4) is 0 Å². The van der Waals surface area contributed by atoms with Crippen LogP contribution in [0.4, 0.5) is 17.1 Å². The van der Waals surface area contributed by atoms with Gasteiger partial charge in [0.15, 0.2) is 0 Å². The number of hydrogen-bond donors (Lipinski definition) is 1. The Morgan fingerprint density at radius 3 is 2.53 bits per heavy atom. The van der Waals surface area contributed by atoms with Crippen LogP contribution in [-0.2, 0) is 0 Å². The quantitative estimate of drug-likeness (QED) is 0.540. The van der Waals surface area contributed by atoms with Crippen LogP contribution in [0.2, 0.25) is 5.02 Å². The molecule has 0 unspecified atom stereocenters. The van der Waals surface area contributed by atoms with Crippen LogP contribution in [0.25, 0.3) is 0 Å². The third-order valence-corrected chi connectivity index (χ3v) is 4.08. The summed E-state index contributed by atoms with van der Waals surface area (Å²) in [5, 5.41) is 14.5. The number of rotatable bonds is 3. The minimum Gasteiger partial charge on any atom is -0.350 e. The first-order valence-corrected chi connectivity index (χ1v) is 7.10. The van der Waals surface area contributed by atoms with Gasteiger partial charge in [0.1, 0.15) is 5.69 Å². The van der Waals surface area contributed by atoms with Crippen LogP contribution in [0.1, 0.15) is 0 Å². The first kappa shape index (κ1) is 14.3. The Morgan fingerprint density at radius 2 is 1.89 bits per heavy atom. The molecule has 0 spiro atoms. The summed E-state index contributed by atoms with van der Waals surface area (Å²) in [6, 6.07) is 10.1. The standard InChI is InChI=1S/C12H7Br2ClN2O2/c13-7-1-4-11(12(5-7)17(18)19)16-8-2-3-9(14)10(15)6-8/h1-6,16H. The van der Waals surface area contributed by atoms with Crippen molar-refractivity contribution < 1.29 is 4.92 Å². The highest BCUT2D eigenvalue weighted by Gasteiger charge is 2.14. The maximum Gasteiger partial charge on any atom is 0.293 e. The summed E-state index contributed by atoms with van der Waals surface area (Å²) in [6.07, 6.45) is 0. The topological polar surface area (TPSA) is 55.2 Å². The van der Waals surface area contributed by atoms with E-state index < -0.39 is 4.92 Å². The smallest absolute Gasteiger partial charge is 0.293 e. The van der Waals surface area contributed by atoms with Crippen molar-refractivity contribution in [1.29, 1.82) is 0 Å². The summed E-state index contributed by atoms with van der Waals surface area (Å²) >= 11 is 12.5. The Bertz CT molecular complexity index is 650. The monoisotopic (exact) mass is 404 g/mol. The third-order valence-electron chi connectivity index (χ3n) is 2.36. The Morgan fingerprint density at radius 1 is 1.16 bits per heavy atom. The molecule has 7 heteroatoms. The van der Waals surface area contributed by atoms with E-state index in [9.17, 15) is 10.1 Å². The largest absolute Gasteiger partial charge is 0.350 e. The summed E-state index contributed by atoms with van der Waals surface area (Å²) in [7, 11) is 0. The van der Waals surface area contributed by atoms with Crippen molar-refractivity contribution in [3.63, 3.8) is 0 Å². The van der Waals surface area contributed by atoms with Gasteiger partial charge < -0.3 is 5.32 Å². The van der Waals surface area contributed by atoms with E-state index in [1.165, 1.54) is 6.07 Å². The molecular weight excluding hydrogens is 399 g/mol. The number of nitro groups is 1. The molecule has 0 saturated heterocycles. The Kier molecular flexibility index (Phi) is 4.44. The molecule has 2 rings (SSSR count). The van der Waals surface area contributed by atoms with Gasteiger partial charge >= 0.3 is 0 Å². The van der Waals surface area contributed by atoms with Crippen LogP contribution in [0.3, 0.4) is 0 Å². The van der Waals surface area contributed by atoms with Crippen LogP contribution in [-0.4, -0.2) is 4.92 Å². The van der Waals surface area contributed by atoms with Crippen molar-refractivity contribution in [2.45, 2.75) is 0 Å². The van der Waals surface area contributed by atoms with Gasteiger partial charge in [0.25, 0.3) is 5.69 Å². The van der Waals surface area contributed by atoms with Crippen molar-refractivity contribution in [2.24, 2.45) is 0 Å². The molecule has 4 nitrogen and oxygen atoms in total. The molecule has 0 bridgehead atoms. The highest BCUT2D eigenvalue weighted by Crippen LogP contribution is 2.32. The van der Waals surface area contributed by atoms with E-state index in [0.717, 1.165) is 4.47 Å². The number of nitrogens with zero attached hydrogens (tertiary/aromatic N) is 1. The number of nitro benzene ring substituents is 1. The molecule has 0 radical (unpaired) electrons. The molecule has 2 aromatic carbocycles. The molecule has 0 amide bonds. The Hall–Kier alpha value is -1.11. The number of hydrogen-bond acceptors (Lipinski definition) is 3. The van der Waals surface area contributed by atoms with Gasteiger partial charge in [-0.25, -0.2) is 0 Å². The van der Waals surface area contributed by atoms with Gasteiger partial charge in [0.2, 0.25) is 0 Å². The Labute approximate surface area is 131 Å². The molecule has 1 N–H and O–H groups in total. The van der Waals surface area contributed by atoms with Gasteiger partial charge in [-0.1, -0.05) is 27.5 Å². The summed E-state index contributed by atoms with van der Waals surface area (Å²) in [6.45, 7) is 0. The second kappa shape index (κ2) is 5.90. The van der Waals surface area contributed by atoms with E-state index in [4.69, 9.17) is 11.6 Å². The molecule has 0 aliphatic carbocycles. The highest BCUT2D eigenvalue weighted by molar-refractivity contribution is 9.10. The molecule has 0 aliphatic rings. The zero-order valence-electron chi connectivity index (χ0n) is 9.36. The van der Waals surface area contributed by atoms with Crippen LogP contribution in [0.15, 0.2) is 45.3 Å². The fraction of sp³-hybridized carbons (Fsp3) is 0. The summed E-state index contributed by atoms with van der Waals surface area (Å²) in [5.74, 6) is 0. The molecule has 0 saturated carbocycles. The lowest BCUT2D eigenvalue weighted by Crippen LogP contribution is -1.97. The van der Waals surface area contributed by atoms with Crippen LogP contribution in [0.5, 0.6) is 0 Å². The summed E-state index contributed by atoms with van der Waals surface area (Å²) < 4.78 is 1.42. The molecular formula is C12H7Br2ClN2O2. The highest BCUT2D eigenvalue weighted by atomic mass is 79.9. The van der Waals surface area contributed by atoms with E-state index in [-0.39, 0.29) is 5.69 Å². The minimum atomic E-state index is -0.437. The summed E-state index contributed by atoms with van der Waals surface area (Å²) in [5.41, 5.74) is 1.08. The Balaban J connectivity index is 2.37. The number of halogens is 3. The van der Waals surface area contributed by atoms with Crippen LogP contribution in [0, 0.1) is 10.1 Å². The maximum absolute atomic E-state index is 11.0. The van der Waals surface area contributed by atoms with E-state index >= 15 is 0 Å². The molecule has 0 aromatic heterocycles. The van der Waals surface area contributed by atoms with Crippen molar-refractivity contribution in [1.82, 2.24) is 0 Å². The van der Waals surface area contributed by atoms with Crippen LogP contribution < -0.4 is 5.32 Å². The second-order valence-electron chi connectivity index (χ2n) is 3.67. The van der Waals surface area contributed by atoms with Gasteiger partial charge in [0.05, 0.1) is 9.95 Å². The number of anilines is 2. The van der Waals surface area contributed by atoms with Gasteiger partial charge in [-0.2, -0.15) is 0 Å².